The third kappa shape index (κ3) is 0.899. The van der Waals surface area contributed by atoms with Gasteiger partial charge < -0.3 is 0 Å². The highest BCUT2D eigenvalue weighted by Gasteiger charge is 2.71. The van der Waals surface area contributed by atoms with E-state index in [9.17, 15) is 0 Å². The molecule has 88 valence electrons. The monoisotopic (exact) mass is 344 g/mol. The van der Waals surface area contributed by atoms with Gasteiger partial charge in [-0.3, -0.25) is 0 Å². The topological polar surface area (TPSA) is 0 Å². The molecular formula is C14H18Br2. The van der Waals surface area contributed by atoms with Gasteiger partial charge in [0.05, 0.1) is 0 Å². The standard InChI is InChI=1S/C14H18Br2/c15-13-4-10-8-1-7-2-9(10)12(6-13)14(16,3-7)11(8)5-13/h7-12H,1-6H2. The van der Waals surface area contributed by atoms with E-state index in [0.717, 1.165) is 35.5 Å². The summed E-state index contributed by atoms with van der Waals surface area (Å²) in [7, 11) is 0. The van der Waals surface area contributed by atoms with Crippen LogP contribution in [0, 0.1) is 35.5 Å². The maximum absolute atomic E-state index is 4.25. The summed E-state index contributed by atoms with van der Waals surface area (Å²) in [6.07, 6.45) is 9.10. The van der Waals surface area contributed by atoms with Crippen LogP contribution in [-0.4, -0.2) is 8.65 Å². The fourth-order valence-corrected chi connectivity index (χ4v) is 9.29. The Hall–Kier alpha value is 0.960. The van der Waals surface area contributed by atoms with E-state index in [-0.39, 0.29) is 0 Å². The van der Waals surface area contributed by atoms with Crippen LogP contribution in [0.25, 0.3) is 0 Å². The van der Waals surface area contributed by atoms with Gasteiger partial charge in [-0.25, -0.2) is 0 Å². The Bertz CT molecular complexity index is 353. The zero-order chi connectivity index (χ0) is 10.7. The van der Waals surface area contributed by atoms with Crippen molar-refractivity contribution in [2.24, 2.45) is 35.5 Å². The summed E-state index contributed by atoms with van der Waals surface area (Å²) in [4.78, 5) is 0. The third-order valence-electron chi connectivity index (χ3n) is 6.95. The number of hydrogen-bond donors (Lipinski definition) is 0. The highest BCUT2D eigenvalue weighted by atomic mass is 79.9. The first kappa shape index (κ1) is 9.83. The molecule has 7 aliphatic carbocycles. The Morgan fingerprint density at radius 1 is 0.750 bits per heavy atom. The minimum absolute atomic E-state index is 0.557. The lowest BCUT2D eigenvalue weighted by molar-refractivity contribution is -0.174. The smallest absolute Gasteiger partial charge is 0.0323 e. The number of halogens is 2. The van der Waals surface area contributed by atoms with Crippen LogP contribution < -0.4 is 0 Å². The molecule has 0 aliphatic heterocycles. The van der Waals surface area contributed by atoms with Crippen LogP contribution in [-0.2, 0) is 0 Å². The van der Waals surface area contributed by atoms with Crippen molar-refractivity contribution in [3.8, 4) is 0 Å². The van der Waals surface area contributed by atoms with Gasteiger partial charge in [-0.15, -0.1) is 0 Å². The molecule has 0 aromatic heterocycles. The molecule has 0 radical (unpaired) electrons. The van der Waals surface area contributed by atoms with E-state index in [0.29, 0.717) is 8.65 Å². The maximum Gasteiger partial charge on any atom is 0.0323 e. The van der Waals surface area contributed by atoms with E-state index in [1.54, 1.807) is 12.8 Å². The number of hydrogen-bond acceptors (Lipinski definition) is 0. The van der Waals surface area contributed by atoms with E-state index in [2.05, 4.69) is 31.9 Å². The van der Waals surface area contributed by atoms with Crippen molar-refractivity contribution < 1.29 is 0 Å². The summed E-state index contributed by atoms with van der Waals surface area (Å²) in [6, 6.07) is 0. The van der Waals surface area contributed by atoms with Gasteiger partial charge in [0.25, 0.3) is 0 Å². The Kier molecular flexibility index (Phi) is 1.61. The molecule has 0 nitrogen and oxygen atoms in total. The third-order valence-corrected chi connectivity index (χ3v) is 9.42. The van der Waals surface area contributed by atoms with Gasteiger partial charge in [-0.1, -0.05) is 31.9 Å². The van der Waals surface area contributed by atoms with Crippen LogP contribution >= 0.6 is 31.9 Å². The van der Waals surface area contributed by atoms with Crippen molar-refractivity contribution in [2.75, 3.05) is 0 Å². The van der Waals surface area contributed by atoms with Gasteiger partial charge >= 0.3 is 0 Å². The van der Waals surface area contributed by atoms with Crippen LogP contribution in [0.3, 0.4) is 0 Å². The Morgan fingerprint density at radius 3 is 2.00 bits per heavy atom. The van der Waals surface area contributed by atoms with Crippen molar-refractivity contribution in [1.82, 2.24) is 0 Å². The first-order valence-corrected chi connectivity index (χ1v) is 8.55. The lowest BCUT2D eigenvalue weighted by Crippen LogP contribution is -2.71. The molecule has 16 heavy (non-hydrogen) atoms. The van der Waals surface area contributed by atoms with Crippen LogP contribution in [0.15, 0.2) is 0 Å². The zero-order valence-electron chi connectivity index (χ0n) is 9.46. The normalized spacial score (nSPS) is 73.9. The van der Waals surface area contributed by atoms with Crippen LogP contribution in [0.1, 0.15) is 38.5 Å². The molecule has 4 atom stereocenters. The summed E-state index contributed by atoms with van der Waals surface area (Å²) < 4.78 is 1.14. The fourth-order valence-electron chi connectivity index (χ4n) is 6.76. The zero-order valence-corrected chi connectivity index (χ0v) is 12.6. The molecule has 4 unspecified atom stereocenters. The lowest BCUT2D eigenvalue weighted by atomic mass is 9.35. The van der Waals surface area contributed by atoms with Crippen molar-refractivity contribution in [3.05, 3.63) is 0 Å². The quantitative estimate of drug-likeness (QED) is 0.572. The van der Waals surface area contributed by atoms with E-state index >= 15 is 0 Å². The molecule has 7 aliphatic rings. The van der Waals surface area contributed by atoms with E-state index in [1.165, 1.54) is 25.7 Å². The van der Waals surface area contributed by atoms with Crippen molar-refractivity contribution in [1.29, 1.82) is 0 Å². The van der Waals surface area contributed by atoms with Crippen LogP contribution in [0.4, 0.5) is 0 Å². The molecule has 0 saturated heterocycles. The largest absolute Gasteiger partial charge is 0.0853 e. The Labute approximate surface area is 114 Å². The Balaban J connectivity index is 1.73. The SMILES string of the molecule is BrC12CC3C4CC5CC3C(C1)C(Br)(C5)C4C2. The van der Waals surface area contributed by atoms with E-state index in [1.807, 2.05) is 0 Å². The number of alkyl halides is 2. The first-order chi connectivity index (χ1) is 7.59. The van der Waals surface area contributed by atoms with Gasteiger partial charge in [-0.05, 0) is 74.0 Å². The van der Waals surface area contributed by atoms with Crippen molar-refractivity contribution in [2.45, 2.75) is 47.2 Å². The second kappa shape index (κ2) is 2.61. The first-order valence-electron chi connectivity index (χ1n) is 6.97. The highest BCUT2D eigenvalue weighted by molar-refractivity contribution is 9.10. The highest BCUT2D eigenvalue weighted by Crippen LogP contribution is 2.76. The molecule has 7 fully saturated rings. The second-order valence-corrected chi connectivity index (χ2v) is 10.6. The molecule has 0 amide bonds. The van der Waals surface area contributed by atoms with E-state index in [4.69, 9.17) is 0 Å². The molecule has 0 aromatic carbocycles. The van der Waals surface area contributed by atoms with Crippen LogP contribution in [0.5, 0.6) is 0 Å². The van der Waals surface area contributed by atoms with Crippen molar-refractivity contribution in [3.63, 3.8) is 0 Å². The van der Waals surface area contributed by atoms with Gasteiger partial charge in [0.1, 0.15) is 0 Å². The molecule has 0 spiro atoms. The van der Waals surface area contributed by atoms with Crippen molar-refractivity contribution >= 4 is 31.9 Å². The Morgan fingerprint density at radius 2 is 1.38 bits per heavy atom. The average molecular weight is 346 g/mol. The van der Waals surface area contributed by atoms with Gasteiger partial charge in [-0.2, -0.15) is 0 Å². The summed E-state index contributed by atoms with van der Waals surface area (Å²) in [5.74, 6) is 6.39. The fraction of sp³-hybridized carbons (Fsp3) is 1.00. The minimum Gasteiger partial charge on any atom is -0.0853 e. The minimum atomic E-state index is 0.557. The molecule has 2 heteroatoms. The molecule has 0 aromatic rings. The number of rotatable bonds is 0. The predicted molar refractivity (Wildman–Crippen MR) is 72.0 cm³/mol. The summed E-state index contributed by atoms with van der Waals surface area (Å²) in [6.45, 7) is 0. The predicted octanol–water partition coefficient (Wildman–Crippen LogP) is 4.36. The van der Waals surface area contributed by atoms with Gasteiger partial charge in [0, 0.05) is 8.65 Å². The molecule has 0 N–H and O–H groups in total. The second-order valence-electron chi connectivity index (χ2n) is 7.44. The van der Waals surface area contributed by atoms with Gasteiger partial charge in [0.2, 0.25) is 0 Å². The lowest BCUT2D eigenvalue weighted by Gasteiger charge is -2.74. The maximum atomic E-state index is 4.25. The molecule has 7 saturated carbocycles. The summed E-state index contributed by atoms with van der Waals surface area (Å²) in [5.41, 5.74) is 0. The van der Waals surface area contributed by atoms with Gasteiger partial charge in [0.15, 0.2) is 0 Å². The molecule has 8 bridgehead atoms. The average Bonchev–Trinajstić information content (AvgIpc) is 2.24. The summed E-state index contributed by atoms with van der Waals surface area (Å²) in [5, 5.41) is 0. The van der Waals surface area contributed by atoms with Crippen LogP contribution in [0.2, 0.25) is 0 Å². The molecule has 0 heterocycles. The summed E-state index contributed by atoms with van der Waals surface area (Å²) >= 11 is 8.37. The van der Waals surface area contributed by atoms with E-state index < -0.39 is 0 Å². The molecule has 7 rings (SSSR count). The molecular weight excluding hydrogens is 328 g/mol.